The number of rotatable bonds is 5. The SMILES string of the molecule is CC(C)n1ncc2cc(C(=O)N[C@H]3CCN(Cc4ccccc4)C3)cnc21. The maximum absolute atomic E-state index is 12.7. The van der Waals surface area contributed by atoms with Crippen LogP contribution in [0.5, 0.6) is 0 Å². The van der Waals surface area contributed by atoms with E-state index in [9.17, 15) is 4.79 Å². The minimum absolute atomic E-state index is 0.0618. The fraction of sp³-hybridized carbons (Fsp3) is 0.381. The van der Waals surface area contributed by atoms with Crippen LogP contribution >= 0.6 is 0 Å². The molecule has 1 saturated heterocycles. The molecule has 0 aliphatic carbocycles. The van der Waals surface area contributed by atoms with Gasteiger partial charge < -0.3 is 5.32 Å². The Morgan fingerprint density at radius 2 is 2.07 bits per heavy atom. The zero-order valence-electron chi connectivity index (χ0n) is 15.8. The van der Waals surface area contributed by atoms with Crippen molar-refractivity contribution >= 4 is 16.9 Å². The van der Waals surface area contributed by atoms with Crippen molar-refractivity contribution in [2.75, 3.05) is 13.1 Å². The van der Waals surface area contributed by atoms with Crippen molar-refractivity contribution < 1.29 is 4.79 Å². The van der Waals surface area contributed by atoms with Gasteiger partial charge in [-0.05, 0) is 31.9 Å². The first-order valence-corrected chi connectivity index (χ1v) is 9.50. The molecule has 1 amide bonds. The van der Waals surface area contributed by atoms with E-state index in [0.717, 1.165) is 37.1 Å². The second-order valence-electron chi connectivity index (χ2n) is 7.50. The molecule has 1 aliphatic heterocycles. The van der Waals surface area contributed by atoms with Crippen LogP contribution < -0.4 is 5.32 Å². The molecule has 0 saturated carbocycles. The van der Waals surface area contributed by atoms with Crippen molar-refractivity contribution in [2.24, 2.45) is 0 Å². The third-order valence-electron chi connectivity index (χ3n) is 5.04. The molecule has 3 heterocycles. The Balaban J connectivity index is 1.38. The second kappa shape index (κ2) is 7.48. The summed E-state index contributed by atoms with van der Waals surface area (Å²) in [6.07, 6.45) is 4.39. The standard InChI is InChI=1S/C21H25N5O/c1-15(2)26-20-17(12-23-26)10-18(11-22-20)21(27)24-19-8-9-25(14-19)13-16-6-4-3-5-7-16/h3-7,10-12,15,19H,8-9,13-14H2,1-2H3,(H,24,27)/t19-/m0/s1. The van der Waals surface area contributed by atoms with Gasteiger partial charge in [-0.1, -0.05) is 30.3 Å². The van der Waals surface area contributed by atoms with Gasteiger partial charge in [-0.15, -0.1) is 0 Å². The maximum Gasteiger partial charge on any atom is 0.253 e. The van der Waals surface area contributed by atoms with Gasteiger partial charge >= 0.3 is 0 Å². The molecule has 1 N–H and O–H groups in total. The normalized spacial score (nSPS) is 17.7. The van der Waals surface area contributed by atoms with E-state index in [0.29, 0.717) is 5.56 Å². The number of aromatic nitrogens is 3. The van der Waals surface area contributed by atoms with Crippen LogP contribution in [0, 0.1) is 0 Å². The lowest BCUT2D eigenvalue weighted by atomic mass is 10.2. The average Bonchev–Trinajstić information content (AvgIpc) is 3.28. The van der Waals surface area contributed by atoms with Crippen molar-refractivity contribution in [2.45, 2.75) is 38.9 Å². The third-order valence-corrected chi connectivity index (χ3v) is 5.04. The summed E-state index contributed by atoms with van der Waals surface area (Å²) in [4.78, 5) is 19.5. The number of benzene rings is 1. The summed E-state index contributed by atoms with van der Waals surface area (Å²) < 4.78 is 1.87. The molecule has 1 atom stereocenters. The average molecular weight is 363 g/mol. The van der Waals surface area contributed by atoms with Crippen molar-refractivity contribution in [1.29, 1.82) is 0 Å². The van der Waals surface area contributed by atoms with Gasteiger partial charge in [-0.2, -0.15) is 5.10 Å². The number of fused-ring (bicyclic) bond motifs is 1. The van der Waals surface area contributed by atoms with Crippen molar-refractivity contribution in [3.05, 3.63) is 59.9 Å². The molecule has 1 fully saturated rings. The number of nitrogens with zero attached hydrogens (tertiary/aromatic N) is 4. The van der Waals surface area contributed by atoms with E-state index in [1.54, 1.807) is 12.4 Å². The van der Waals surface area contributed by atoms with Crippen LogP contribution in [0.15, 0.2) is 48.8 Å². The Bertz CT molecular complexity index is 934. The van der Waals surface area contributed by atoms with Gasteiger partial charge in [0.15, 0.2) is 5.65 Å². The first kappa shape index (κ1) is 17.7. The molecule has 1 aliphatic rings. The molecule has 2 aromatic heterocycles. The predicted molar refractivity (Wildman–Crippen MR) is 106 cm³/mol. The van der Waals surface area contributed by atoms with Gasteiger partial charge in [0.2, 0.25) is 0 Å². The Morgan fingerprint density at radius 1 is 1.26 bits per heavy atom. The highest BCUT2D eigenvalue weighted by Crippen LogP contribution is 2.18. The Morgan fingerprint density at radius 3 is 2.85 bits per heavy atom. The smallest absolute Gasteiger partial charge is 0.253 e. The Labute approximate surface area is 159 Å². The fourth-order valence-electron chi connectivity index (χ4n) is 3.65. The van der Waals surface area contributed by atoms with Crippen LogP contribution in [0.4, 0.5) is 0 Å². The van der Waals surface area contributed by atoms with E-state index in [1.807, 2.05) is 16.8 Å². The van der Waals surface area contributed by atoms with E-state index in [-0.39, 0.29) is 18.0 Å². The molecule has 1 aromatic carbocycles. The van der Waals surface area contributed by atoms with Crippen molar-refractivity contribution in [3.8, 4) is 0 Å². The number of hydrogen-bond donors (Lipinski definition) is 1. The summed E-state index contributed by atoms with van der Waals surface area (Å²) >= 11 is 0. The fourth-order valence-corrected chi connectivity index (χ4v) is 3.65. The predicted octanol–water partition coefficient (Wildman–Crippen LogP) is 3.02. The van der Waals surface area contributed by atoms with Crippen LogP contribution in [0.1, 0.15) is 42.2 Å². The van der Waals surface area contributed by atoms with Crippen LogP contribution in [0.3, 0.4) is 0 Å². The highest BCUT2D eigenvalue weighted by molar-refractivity contribution is 5.97. The van der Waals surface area contributed by atoms with Gasteiger partial charge in [0.05, 0.1) is 11.8 Å². The molecule has 0 bridgehead atoms. The summed E-state index contributed by atoms with van der Waals surface area (Å²) in [5, 5.41) is 8.42. The van der Waals surface area contributed by atoms with Crippen LogP contribution in [0.25, 0.3) is 11.0 Å². The summed E-state index contributed by atoms with van der Waals surface area (Å²) in [7, 11) is 0. The molecule has 0 radical (unpaired) electrons. The first-order valence-electron chi connectivity index (χ1n) is 9.50. The molecular weight excluding hydrogens is 338 g/mol. The first-order chi connectivity index (χ1) is 13.1. The lowest BCUT2D eigenvalue weighted by molar-refractivity contribution is 0.0937. The van der Waals surface area contributed by atoms with Gasteiger partial charge in [-0.3, -0.25) is 9.69 Å². The number of hydrogen-bond acceptors (Lipinski definition) is 4. The minimum Gasteiger partial charge on any atom is -0.348 e. The monoisotopic (exact) mass is 363 g/mol. The molecule has 6 heteroatoms. The molecule has 0 unspecified atom stereocenters. The summed E-state index contributed by atoms with van der Waals surface area (Å²) in [6, 6.07) is 12.7. The van der Waals surface area contributed by atoms with Crippen molar-refractivity contribution in [1.82, 2.24) is 25.0 Å². The molecule has 4 rings (SSSR count). The largest absolute Gasteiger partial charge is 0.348 e. The van der Waals surface area contributed by atoms with Gasteiger partial charge in [0, 0.05) is 43.3 Å². The summed E-state index contributed by atoms with van der Waals surface area (Å²) in [5.41, 5.74) is 2.71. The van der Waals surface area contributed by atoms with Crippen LogP contribution in [-0.2, 0) is 6.54 Å². The van der Waals surface area contributed by atoms with Gasteiger partial charge in [0.25, 0.3) is 5.91 Å². The molecule has 3 aromatic rings. The zero-order valence-corrected chi connectivity index (χ0v) is 15.8. The van der Waals surface area contributed by atoms with Gasteiger partial charge in [-0.25, -0.2) is 9.67 Å². The Hall–Kier alpha value is -2.73. The van der Waals surface area contributed by atoms with E-state index >= 15 is 0 Å². The molecule has 0 spiro atoms. The highest BCUT2D eigenvalue weighted by atomic mass is 16.1. The van der Waals surface area contributed by atoms with Gasteiger partial charge in [0.1, 0.15) is 0 Å². The molecule has 140 valence electrons. The third kappa shape index (κ3) is 3.85. The number of likely N-dealkylation sites (tertiary alicyclic amines) is 1. The minimum atomic E-state index is -0.0618. The number of carbonyl (C=O) groups is 1. The zero-order chi connectivity index (χ0) is 18.8. The highest BCUT2D eigenvalue weighted by Gasteiger charge is 2.24. The number of carbonyl (C=O) groups excluding carboxylic acids is 1. The number of amides is 1. The Kier molecular flexibility index (Phi) is 4.90. The topological polar surface area (TPSA) is 63.1 Å². The maximum atomic E-state index is 12.7. The molecule has 27 heavy (non-hydrogen) atoms. The summed E-state index contributed by atoms with van der Waals surface area (Å²) in [5.74, 6) is -0.0618. The number of nitrogens with one attached hydrogen (secondary N) is 1. The van der Waals surface area contributed by atoms with E-state index in [1.165, 1.54) is 5.56 Å². The van der Waals surface area contributed by atoms with Crippen LogP contribution in [-0.4, -0.2) is 44.7 Å². The van der Waals surface area contributed by atoms with E-state index in [4.69, 9.17) is 0 Å². The quantitative estimate of drug-likeness (QED) is 0.757. The summed E-state index contributed by atoms with van der Waals surface area (Å²) in [6.45, 7) is 6.93. The lowest BCUT2D eigenvalue weighted by Gasteiger charge is -2.17. The molecular formula is C21H25N5O. The van der Waals surface area contributed by atoms with E-state index < -0.39 is 0 Å². The second-order valence-corrected chi connectivity index (χ2v) is 7.50. The number of pyridine rings is 1. The van der Waals surface area contributed by atoms with Crippen LogP contribution in [0.2, 0.25) is 0 Å². The lowest BCUT2D eigenvalue weighted by Crippen LogP contribution is -2.37. The van der Waals surface area contributed by atoms with E-state index in [2.05, 4.69) is 58.4 Å². The van der Waals surface area contributed by atoms with Crippen molar-refractivity contribution in [3.63, 3.8) is 0 Å². The molecule has 6 nitrogen and oxygen atoms in total.